The van der Waals surface area contributed by atoms with Crippen LogP contribution in [-0.4, -0.2) is 48.9 Å². The quantitative estimate of drug-likeness (QED) is 0.731. The number of rotatable bonds is 5. The van der Waals surface area contributed by atoms with Crippen molar-refractivity contribution in [3.63, 3.8) is 0 Å². The normalized spacial score (nSPS) is 29.9. The van der Waals surface area contributed by atoms with E-state index in [0.717, 1.165) is 6.54 Å². The van der Waals surface area contributed by atoms with E-state index in [2.05, 4.69) is 15.5 Å². The van der Waals surface area contributed by atoms with E-state index in [9.17, 15) is 9.59 Å². The minimum atomic E-state index is -0.0402. The molecule has 3 aliphatic rings. The van der Waals surface area contributed by atoms with Crippen LogP contribution >= 0.6 is 0 Å². The first-order valence-corrected chi connectivity index (χ1v) is 6.97. The van der Waals surface area contributed by atoms with Gasteiger partial charge in [-0.15, -0.1) is 0 Å². The van der Waals surface area contributed by atoms with Crippen molar-refractivity contribution in [2.24, 2.45) is 5.92 Å². The fourth-order valence-corrected chi connectivity index (χ4v) is 2.92. The summed E-state index contributed by atoms with van der Waals surface area (Å²) in [5.74, 6) is 0.616. The zero-order valence-electron chi connectivity index (χ0n) is 11.1. The maximum absolute atomic E-state index is 11.8. The van der Waals surface area contributed by atoms with Gasteiger partial charge in [0.05, 0.1) is 0 Å². The van der Waals surface area contributed by atoms with E-state index in [1.54, 1.807) is 0 Å². The van der Waals surface area contributed by atoms with Gasteiger partial charge in [0.15, 0.2) is 0 Å². The highest BCUT2D eigenvalue weighted by molar-refractivity contribution is 5.83. The SMILES string of the molecule is CCNC(=O)CCC(=O)NC1CN2CCC1CC2. The van der Waals surface area contributed by atoms with E-state index in [1.165, 1.54) is 25.9 Å². The fraction of sp³-hybridized carbons (Fsp3) is 0.846. The molecule has 5 heteroatoms. The van der Waals surface area contributed by atoms with Crippen molar-refractivity contribution in [1.82, 2.24) is 15.5 Å². The molecule has 1 atom stereocenters. The molecular formula is C13H23N3O2. The second-order valence-electron chi connectivity index (χ2n) is 5.27. The Morgan fingerprint density at radius 3 is 2.39 bits per heavy atom. The molecule has 3 fully saturated rings. The predicted octanol–water partition coefficient (Wildman–Crippen LogP) is 0.113. The van der Waals surface area contributed by atoms with Gasteiger partial charge in [-0.05, 0) is 38.8 Å². The standard InChI is InChI=1S/C13H23N3O2/c1-2-14-12(17)3-4-13(18)15-11-9-16-7-5-10(11)6-8-16/h10-11H,2-9H2,1H3,(H,14,17)(H,15,18). The average Bonchev–Trinajstić information content (AvgIpc) is 2.38. The molecule has 1 unspecified atom stereocenters. The summed E-state index contributed by atoms with van der Waals surface area (Å²) >= 11 is 0. The van der Waals surface area contributed by atoms with Crippen LogP contribution in [-0.2, 0) is 9.59 Å². The van der Waals surface area contributed by atoms with Gasteiger partial charge in [0.25, 0.3) is 0 Å². The largest absolute Gasteiger partial charge is 0.356 e. The lowest BCUT2D eigenvalue weighted by Crippen LogP contribution is -2.57. The maximum Gasteiger partial charge on any atom is 0.220 e. The summed E-state index contributed by atoms with van der Waals surface area (Å²) in [5, 5.41) is 5.79. The molecular weight excluding hydrogens is 230 g/mol. The van der Waals surface area contributed by atoms with Gasteiger partial charge in [0.1, 0.15) is 0 Å². The Balaban J connectivity index is 1.69. The molecule has 2 amide bonds. The third kappa shape index (κ3) is 3.45. The van der Waals surface area contributed by atoms with Gasteiger partial charge in [-0.1, -0.05) is 0 Å². The van der Waals surface area contributed by atoms with Gasteiger partial charge in [0.2, 0.25) is 11.8 Å². The van der Waals surface area contributed by atoms with Crippen LogP contribution in [0.2, 0.25) is 0 Å². The van der Waals surface area contributed by atoms with Gasteiger partial charge in [-0.25, -0.2) is 0 Å². The zero-order chi connectivity index (χ0) is 13.0. The second kappa shape index (κ2) is 6.18. The summed E-state index contributed by atoms with van der Waals surface area (Å²) < 4.78 is 0. The molecule has 0 aromatic carbocycles. The lowest BCUT2D eigenvalue weighted by Gasteiger charge is -2.44. The fourth-order valence-electron chi connectivity index (χ4n) is 2.92. The van der Waals surface area contributed by atoms with E-state index in [0.29, 0.717) is 31.3 Å². The molecule has 3 saturated heterocycles. The molecule has 2 bridgehead atoms. The highest BCUT2D eigenvalue weighted by Crippen LogP contribution is 2.27. The van der Waals surface area contributed by atoms with Crippen molar-refractivity contribution in [2.45, 2.75) is 38.6 Å². The molecule has 0 aromatic rings. The van der Waals surface area contributed by atoms with E-state index in [-0.39, 0.29) is 11.8 Å². The molecule has 2 N–H and O–H groups in total. The first-order valence-electron chi connectivity index (χ1n) is 6.97. The molecule has 3 rings (SSSR count). The van der Waals surface area contributed by atoms with Crippen LogP contribution in [0, 0.1) is 5.92 Å². The number of carbonyl (C=O) groups is 2. The van der Waals surface area contributed by atoms with Crippen LogP contribution < -0.4 is 10.6 Å². The van der Waals surface area contributed by atoms with Crippen molar-refractivity contribution in [1.29, 1.82) is 0 Å². The van der Waals surface area contributed by atoms with Crippen molar-refractivity contribution >= 4 is 11.8 Å². The number of nitrogens with zero attached hydrogens (tertiary/aromatic N) is 1. The molecule has 3 heterocycles. The van der Waals surface area contributed by atoms with Gasteiger partial charge >= 0.3 is 0 Å². The highest BCUT2D eigenvalue weighted by Gasteiger charge is 2.34. The van der Waals surface area contributed by atoms with E-state index in [4.69, 9.17) is 0 Å². The number of carbonyl (C=O) groups excluding carboxylic acids is 2. The Morgan fingerprint density at radius 2 is 1.83 bits per heavy atom. The number of fused-ring (bicyclic) bond motifs is 3. The molecule has 0 spiro atoms. The van der Waals surface area contributed by atoms with E-state index >= 15 is 0 Å². The van der Waals surface area contributed by atoms with Gasteiger partial charge in [-0.2, -0.15) is 0 Å². The molecule has 0 saturated carbocycles. The highest BCUT2D eigenvalue weighted by atomic mass is 16.2. The van der Waals surface area contributed by atoms with Crippen LogP contribution in [0.15, 0.2) is 0 Å². The molecule has 3 aliphatic heterocycles. The topological polar surface area (TPSA) is 61.4 Å². The van der Waals surface area contributed by atoms with Crippen LogP contribution in [0.4, 0.5) is 0 Å². The molecule has 0 aromatic heterocycles. The molecule has 18 heavy (non-hydrogen) atoms. The Morgan fingerprint density at radius 1 is 1.17 bits per heavy atom. The van der Waals surface area contributed by atoms with Crippen LogP contribution in [0.5, 0.6) is 0 Å². The predicted molar refractivity (Wildman–Crippen MR) is 69.0 cm³/mol. The molecule has 102 valence electrons. The maximum atomic E-state index is 11.8. The van der Waals surface area contributed by atoms with Gasteiger partial charge in [0, 0.05) is 32.0 Å². The van der Waals surface area contributed by atoms with Crippen molar-refractivity contribution in [3.05, 3.63) is 0 Å². The number of amides is 2. The zero-order valence-corrected chi connectivity index (χ0v) is 11.1. The number of piperidine rings is 3. The summed E-state index contributed by atoms with van der Waals surface area (Å²) in [7, 11) is 0. The van der Waals surface area contributed by atoms with Crippen molar-refractivity contribution in [2.75, 3.05) is 26.2 Å². The smallest absolute Gasteiger partial charge is 0.220 e. The van der Waals surface area contributed by atoms with Crippen LogP contribution in [0.3, 0.4) is 0 Å². The average molecular weight is 253 g/mol. The Hall–Kier alpha value is -1.10. The molecule has 0 aliphatic carbocycles. The summed E-state index contributed by atoms with van der Waals surface area (Å²) in [6, 6.07) is 0.300. The third-order valence-electron chi connectivity index (χ3n) is 3.96. The van der Waals surface area contributed by atoms with Crippen LogP contribution in [0.25, 0.3) is 0 Å². The van der Waals surface area contributed by atoms with E-state index in [1.807, 2.05) is 6.92 Å². The Labute approximate surface area is 108 Å². The molecule has 0 radical (unpaired) electrons. The van der Waals surface area contributed by atoms with Crippen molar-refractivity contribution in [3.8, 4) is 0 Å². The Bertz CT molecular complexity index is 311. The van der Waals surface area contributed by atoms with Gasteiger partial charge < -0.3 is 15.5 Å². The number of hydrogen-bond donors (Lipinski definition) is 2. The lowest BCUT2D eigenvalue weighted by atomic mass is 9.84. The lowest BCUT2D eigenvalue weighted by molar-refractivity contribution is -0.127. The second-order valence-corrected chi connectivity index (χ2v) is 5.27. The number of nitrogens with one attached hydrogen (secondary N) is 2. The minimum absolute atomic E-state index is 0.0139. The third-order valence-corrected chi connectivity index (χ3v) is 3.96. The number of hydrogen-bond acceptors (Lipinski definition) is 3. The van der Waals surface area contributed by atoms with Gasteiger partial charge in [-0.3, -0.25) is 9.59 Å². The first-order chi connectivity index (χ1) is 8.69. The summed E-state index contributed by atoms with van der Waals surface area (Å²) in [6.07, 6.45) is 2.98. The minimum Gasteiger partial charge on any atom is -0.356 e. The van der Waals surface area contributed by atoms with E-state index < -0.39 is 0 Å². The molecule has 5 nitrogen and oxygen atoms in total. The monoisotopic (exact) mass is 253 g/mol. The summed E-state index contributed by atoms with van der Waals surface area (Å²) in [5.41, 5.74) is 0. The Kier molecular flexibility index (Phi) is 4.58. The van der Waals surface area contributed by atoms with Crippen LogP contribution in [0.1, 0.15) is 32.6 Å². The first kappa shape index (κ1) is 13.3. The summed E-state index contributed by atoms with van der Waals surface area (Å²) in [6.45, 7) is 5.84. The summed E-state index contributed by atoms with van der Waals surface area (Å²) in [4.78, 5) is 25.5. The van der Waals surface area contributed by atoms with Crippen molar-refractivity contribution < 1.29 is 9.59 Å².